The molecular weight excluding hydrogens is 168 g/mol. The molecule has 0 fully saturated rings. The monoisotopic (exact) mass is 196 g/mol. The number of aryl methyl sites for hydroxylation is 2. The zero-order valence-corrected chi connectivity index (χ0v) is 8.89. The van der Waals surface area contributed by atoms with Crippen LogP contribution in [0.5, 0.6) is 0 Å². The molecule has 0 aliphatic carbocycles. The number of benzene rings is 1. The average Bonchev–Trinajstić information content (AvgIpc) is 1.94. The van der Waals surface area contributed by atoms with E-state index in [1.807, 2.05) is 0 Å². The molecule has 0 aliphatic heterocycles. The molecule has 0 N–H and O–H groups in total. The van der Waals surface area contributed by atoms with Gasteiger partial charge in [0.15, 0.2) is 0 Å². The summed E-state index contributed by atoms with van der Waals surface area (Å²) in [6.07, 6.45) is 0. The van der Waals surface area contributed by atoms with Crippen molar-refractivity contribution in [1.29, 1.82) is 0 Å². The van der Waals surface area contributed by atoms with Gasteiger partial charge in [0, 0.05) is 0 Å². The predicted molar refractivity (Wildman–Crippen MR) is 69.9 cm³/mol. The molecule has 0 heteroatoms. The normalized spacial score (nSPS) is 7.86. The summed E-state index contributed by atoms with van der Waals surface area (Å²) < 4.78 is 0. The van der Waals surface area contributed by atoms with Crippen LogP contribution in [0.2, 0.25) is 0 Å². The van der Waals surface area contributed by atoms with E-state index >= 15 is 0 Å². The summed E-state index contributed by atoms with van der Waals surface area (Å²) in [5.41, 5.74) is 2.66. The Morgan fingerprint density at radius 1 is 0.714 bits per heavy atom. The molecule has 0 bridgehead atoms. The van der Waals surface area contributed by atoms with Gasteiger partial charge in [0.1, 0.15) is 0 Å². The fraction of sp³-hybridized carbons (Fsp3) is 0.571. The molecule has 0 nitrogen and oxygen atoms in total. The lowest BCUT2D eigenvalue weighted by atomic mass is 10.2. The van der Waals surface area contributed by atoms with Crippen LogP contribution in [-0.4, -0.2) is 0 Å². The first-order chi connectivity index (χ1) is 5.52. The maximum Gasteiger partial charge on any atom is -0.0398 e. The molecular formula is C14H28. The van der Waals surface area contributed by atoms with Crippen LogP contribution in [-0.2, 0) is 0 Å². The van der Waals surface area contributed by atoms with E-state index in [4.69, 9.17) is 0 Å². The first-order valence-corrected chi connectivity index (χ1v) is 4.55. The minimum Gasteiger partial charge on any atom is -0.0776 e. The summed E-state index contributed by atoms with van der Waals surface area (Å²) >= 11 is 0. The molecule has 14 heavy (non-hydrogen) atoms. The van der Waals surface area contributed by atoms with Crippen LogP contribution in [0.1, 0.15) is 46.8 Å². The summed E-state index contributed by atoms with van der Waals surface area (Å²) in [5, 5.41) is 0. The Morgan fingerprint density at radius 2 is 0.857 bits per heavy atom. The van der Waals surface area contributed by atoms with Gasteiger partial charge in [-0.2, -0.15) is 0 Å². The largest absolute Gasteiger partial charge is 0.0776 e. The van der Waals surface area contributed by atoms with Crippen LogP contribution in [0.15, 0.2) is 24.3 Å². The molecule has 1 aromatic rings. The quantitative estimate of drug-likeness (QED) is 0.532. The van der Waals surface area contributed by atoms with Gasteiger partial charge in [-0.15, -0.1) is 0 Å². The minimum absolute atomic E-state index is 0. The maximum absolute atomic E-state index is 2.17. The lowest BCUT2D eigenvalue weighted by Crippen LogP contribution is -1.70. The Hall–Kier alpha value is -0.780. The maximum atomic E-state index is 2.17. The van der Waals surface area contributed by atoms with Crippen molar-refractivity contribution in [2.24, 2.45) is 5.92 Å². The van der Waals surface area contributed by atoms with Gasteiger partial charge in [0.2, 0.25) is 0 Å². The van der Waals surface area contributed by atoms with E-state index in [9.17, 15) is 0 Å². The van der Waals surface area contributed by atoms with Gasteiger partial charge >= 0.3 is 0 Å². The zero-order valence-electron chi connectivity index (χ0n) is 8.89. The Balaban J connectivity index is -0.000000180. The molecule has 0 aliphatic rings. The van der Waals surface area contributed by atoms with E-state index in [0.29, 0.717) is 0 Å². The highest BCUT2D eigenvalue weighted by Crippen LogP contribution is 1.99. The van der Waals surface area contributed by atoms with E-state index in [1.54, 1.807) is 0 Å². The van der Waals surface area contributed by atoms with E-state index in [1.165, 1.54) is 11.1 Å². The van der Waals surface area contributed by atoms with Crippen LogP contribution >= 0.6 is 0 Å². The first kappa shape index (κ1) is 18.9. The first-order valence-electron chi connectivity index (χ1n) is 4.55. The highest BCUT2D eigenvalue weighted by Gasteiger charge is 1.79. The van der Waals surface area contributed by atoms with Crippen LogP contribution in [0.4, 0.5) is 0 Å². The Morgan fingerprint density at radius 3 is 1.00 bits per heavy atom. The standard InChI is InChI=1S/C8H10.C4H10.2CH4/c1-7-3-5-8(2)6-4-7;1-4(2)3;;/h3-6H,1-2H3;4H,1-3H3;2*1H4. The van der Waals surface area contributed by atoms with Gasteiger partial charge in [0.25, 0.3) is 0 Å². The number of rotatable bonds is 0. The van der Waals surface area contributed by atoms with Crippen molar-refractivity contribution in [3.63, 3.8) is 0 Å². The molecule has 0 amide bonds. The van der Waals surface area contributed by atoms with Crippen LogP contribution < -0.4 is 0 Å². The molecule has 0 unspecified atom stereocenters. The van der Waals surface area contributed by atoms with Crippen molar-refractivity contribution in [2.75, 3.05) is 0 Å². The van der Waals surface area contributed by atoms with Crippen molar-refractivity contribution in [2.45, 2.75) is 49.5 Å². The van der Waals surface area contributed by atoms with Gasteiger partial charge < -0.3 is 0 Å². The van der Waals surface area contributed by atoms with Gasteiger partial charge in [-0.25, -0.2) is 0 Å². The van der Waals surface area contributed by atoms with Crippen molar-refractivity contribution in [3.05, 3.63) is 35.4 Å². The highest BCUT2D eigenvalue weighted by molar-refractivity contribution is 5.19. The Bertz CT molecular complexity index is 170. The predicted octanol–water partition coefficient (Wildman–Crippen LogP) is 5.24. The minimum atomic E-state index is 0. The average molecular weight is 196 g/mol. The lowest BCUT2D eigenvalue weighted by Gasteiger charge is -1.90. The molecule has 0 aromatic heterocycles. The summed E-state index contributed by atoms with van der Waals surface area (Å²) in [5.74, 6) is 0.833. The molecule has 0 atom stereocenters. The second-order valence-electron chi connectivity index (χ2n) is 3.89. The van der Waals surface area contributed by atoms with E-state index in [2.05, 4.69) is 58.9 Å². The van der Waals surface area contributed by atoms with Crippen LogP contribution in [0.3, 0.4) is 0 Å². The molecule has 1 rings (SSSR count). The third-order valence-electron chi connectivity index (χ3n) is 1.22. The zero-order chi connectivity index (χ0) is 9.56. The second-order valence-corrected chi connectivity index (χ2v) is 3.89. The lowest BCUT2D eigenvalue weighted by molar-refractivity contribution is 0.737. The topological polar surface area (TPSA) is 0 Å². The third-order valence-corrected chi connectivity index (χ3v) is 1.22. The van der Waals surface area contributed by atoms with Crippen molar-refractivity contribution < 1.29 is 0 Å². The van der Waals surface area contributed by atoms with Crippen LogP contribution in [0, 0.1) is 19.8 Å². The summed E-state index contributed by atoms with van der Waals surface area (Å²) in [6, 6.07) is 8.48. The van der Waals surface area contributed by atoms with Gasteiger partial charge in [-0.05, 0) is 19.8 Å². The fourth-order valence-electron chi connectivity index (χ4n) is 0.637. The molecule has 0 heterocycles. The number of hydrogen-bond donors (Lipinski definition) is 0. The van der Waals surface area contributed by atoms with Crippen LogP contribution in [0.25, 0.3) is 0 Å². The highest BCUT2D eigenvalue weighted by atomic mass is 13.9. The summed E-state index contributed by atoms with van der Waals surface area (Å²) in [4.78, 5) is 0. The molecule has 0 saturated heterocycles. The van der Waals surface area contributed by atoms with Crippen molar-refractivity contribution >= 4 is 0 Å². The van der Waals surface area contributed by atoms with E-state index in [-0.39, 0.29) is 14.9 Å². The third kappa shape index (κ3) is 13.8. The molecule has 1 aromatic carbocycles. The SMILES string of the molecule is C.C.CC(C)C.Cc1ccc(C)cc1. The summed E-state index contributed by atoms with van der Waals surface area (Å²) in [6.45, 7) is 10.7. The van der Waals surface area contributed by atoms with Gasteiger partial charge in [-0.1, -0.05) is 71.0 Å². The van der Waals surface area contributed by atoms with Crippen molar-refractivity contribution in [1.82, 2.24) is 0 Å². The molecule has 0 radical (unpaired) electrons. The fourth-order valence-corrected chi connectivity index (χ4v) is 0.637. The Kier molecular flexibility index (Phi) is 13.9. The molecule has 0 spiro atoms. The second kappa shape index (κ2) is 10.3. The van der Waals surface area contributed by atoms with Gasteiger partial charge in [0.05, 0.1) is 0 Å². The smallest absolute Gasteiger partial charge is 0.0398 e. The van der Waals surface area contributed by atoms with E-state index in [0.717, 1.165) is 5.92 Å². The number of hydrogen-bond acceptors (Lipinski definition) is 0. The van der Waals surface area contributed by atoms with Crippen molar-refractivity contribution in [3.8, 4) is 0 Å². The molecule has 84 valence electrons. The Labute approximate surface area is 91.4 Å². The van der Waals surface area contributed by atoms with Gasteiger partial charge in [-0.3, -0.25) is 0 Å². The van der Waals surface area contributed by atoms with E-state index < -0.39 is 0 Å². The summed E-state index contributed by atoms with van der Waals surface area (Å²) in [7, 11) is 0. The molecule has 0 saturated carbocycles.